The number of aliphatic hydroxyl groups excluding tert-OH is 1. The largest absolute Gasteiger partial charge is 0.481 e. The minimum Gasteiger partial charge on any atom is -0.481 e. The fourth-order valence-corrected chi connectivity index (χ4v) is 4.21. The molecule has 2 aliphatic heterocycles. The summed E-state index contributed by atoms with van der Waals surface area (Å²) in [5.74, 6) is 0.0530. The number of carboxylic acid groups (broad SMARTS) is 1. The molecule has 3 rings (SSSR count). The molecule has 2 fully saturated rings. The smallest absolute Gasteiger partial charge is 0.303 e. The van der Waals surface area contributed by atoms with E-state index in [9.17, 15) is 9.90 Å². The molecule has 1 aromatic rings. The molecule has 0 spiro atoms. The Hall–Kier alpha value is -1.98. The third kappa shape index (κ3) is 5.75. The predicted molar refractivity (Wildman–Crippen MR) is 103 cm³/mol. The van der Waals surface area contributed by atoms with Gasteiger partial charge in [-0.1, -0.05) is 30.4 Å². The van der Waals surface area contributed by atoms with Crippen molar-refractivity contribution >= 4 is 5.97 Å². The Balaban J connectivity index is 1.50. The van der Waals surface area contributed by atoms with Gasteiger partial charge in [0.1, 0.15) is 0 Å². The number of rotatable bonds is 10. The van der Waals surface area contributed by atoms with Gasteiger partial charge in [-0.3, -0.25) is 9.78 Å². The predicted octanol–water partition coefficient (Wildman–Crippen LogP) is 3.54. The van der Waals surface area contributed by atoms with Gasteiger partial charge in [0.15, 0.2) is 0 Å². The maximum absolute atomic E-state index is 10.5. The number of hydrogen-bond donors (Lipinski definition) is 2. The van der Waals surface area contributed by atoms with E-state index in [2.05, 4.69) is 23.2 Å². The maximum Gasteiger partial charge on any atom is 0.303 e. The fourth-order valence-electron chi connectivity index (χ4n) is 4.21. The number of aliphatic hydroxyl groups is 1. The van der Waals surface area contributed by atoms with Crippen molar-refractivity contribution in [3.05, 3.63) is 54.4 Å². The van der Waals surface area contributed by atoms with Crippen LogP contribution in [0.25, 0.3) is 0 Å². The highest BCUT2D eigenvalue weighted by atomic mass is 16.5. The van der Waals surface area contributed by atoms with Crippen LogP contribution in [-0.4, -0.2) is 39.5 Å². The highest BCUT2D eigenvalue weighted by Gasteiger charge is 2.46. The number of aliphatic carboxylic acids is 1. The van der Waals surface area contributed by atoms with E-state index < -0.39 is 12.1 Å². The Morgan fingerprint density at radius 2 is 2.19 bits per heavy atom. The average Bonchev–Trinajstić information content (AvgIpc) is 3.25. The molecular formula is C22H29NO4. The van der Waals surface area contributed by atoms with Gasteiger partial charge in [-0.2, -0.15) is 0 Å². The zero-order chi connectivity index (χ0) is 19.1. The molecule has 0 amide bonds. The van der Waals surface area contributed by atoms with E-state index in [1.165, 1.54) is 0 Å². The Labute approximate surface area is 160 Å². The van der Waals surface area contributed by atoms with Crippen LogP contribution in [0.1, 0.15) is 44.1 Å². The van der Waals surface area contributed by atoms with Crippen LogP contribution in [0.5, 0.6) is 0 Å². The molecule has 2 saturated heterocycles. The van der Waals surface area contributed by atoms with Crippen LogP contribution in [0.4, 0.5) is 0 Å². The number of pyridine rings is 1. The Kier molecular flexibility index (Phi) is 7.18. The highest BCUT2D eigenvalue weighted by molar-refractivity contribution is 5.66. The van der Waals surface area contributed by atoms with Crippen molar-refractivity contribution in [1.29, 1.82) is 0 Å². The van der Waals surface area contributed by atoms with Crippen LogP contribution in [-0.2, 0) is 16.0 Å². The summed E-state index contributed by atoms with van der Waals surface area (Å²) < 4.78 is 6.10. The second-order valence-electron chi connectivity index (χ2n) is 7.54. The van der Waals surface area contributed by atoms with Gasteiger partial charge < -0.3 is 14.9 Å². The lowest BCUT2D eigenvalue weighted by Gasteiger charge is -2.25. The molecule has 1 unspecified atom stereocenters. The number of hydrogen-bond acceptors (Lipinski definition) is 4. The molecule has 1 aromatic heterocycles. The van der Waals surface area contributed by atoms with E-state index in [0.29, 0.717) is 30.8 Å². The molecule has 2 bridgehead atoms. The SMILES string of the molecule is O=C(O)CCC/C=C\C[C@H]1[C@@H](/C=C/C(O)Cc2cccnc2)[C@@H]2CC[C@H]1O2. The molecule has 0 saturated carbocycles. The van der Waals surface area contributed by atoms with E-state index in [0.717, 1.165) is 31.2 Å². The molecule has 5 atom stereocenters. The van der Waals surface area contributed by atoms with Crippen LogP contribution < -0.4 is 0 Å². The fraction of sp³-hybridized carbons (Fsp3) is 0.545. The van der Waals surface area contributed by atoms with Gasteiger partial charge in [0.2, 0.25) is 0 Å². The van der Waals surface area contributed by atoms with Crippen molar-refractivity contribution in [2.24, 2.45) is 11.8 Å². The molecule has 5 nitrogen and oxygen atoms in total. The summed E-state index contributed by atoms with van der Waals surface area (Å²) >= 11 is 0. The lowest BCUT2D eigenvalue weighted by atomic mass is 9.77. The third-order valence-electron chi connectivity index (χ3n) is 5.55. The number of unbranched alkanes of at least 4 members (excludes halogenated alkanes) is 1. The van der Waals surface area contributed by atoms with Crippen molar-refractivity contribution in [3.8, 4) is 0 Å². The first-order chi connectivity index (χ1) is 13.1. The Morgan fingerprint density at radius 3 is 2.96 bits per heavy atom. The highest BCUT2D eigenvalue weighted by Crippen LogP contribution is 2.45. The molecule has 0 aliphatic carbocycles. The molecule has 3 heterocycles. The molecular weight excluding hydrogens is 342 g/mol. The number of carboxylic acids is 1. The molecule has 27 heavy (non-hydrogen) atoms. The number of ether oxygens (including phenoxy) is 1. The number of nitrogens with zero attached hydrogens (tertiary/aromatic N) is 1. The Morgan fingerprint density at radius 1 is 1.33 bits per heavy atom. The zero-order valence-electron chi connectivity index (χ0n) is 15.6. The van der Waals surface area contributed by atoms with E-state index in [1.807, 2.05) is 18.2 Å². The second-order valence-corrected chi connectivity index (χ2v) is 7.54. The lowest BCUT2D eigenvalue weighted by molar-refractivity contribution is -0.137. The van der Waals surface area contributed by atoms with Crippen LogP contribution in [0.15, 0.2) is 48.8 Å². The van der Waals surface area contributed by atoms with Crippen LogP contribution in [0.2, 0.25) is 0 Å². The van der Waals surface area contributed by atoms with Gasteiger partial charge in [-0.15, -0.1) is 0 Å². The molecule has 5 heteroatoms. The van der Waals surface area contributed by atoms with E-state index in [4.69, 9.17) is 9.84 Å². The van der Waals surface area contributed by atoms with Crippen molar-refractivity contribution in [1.82, 2.24) is 4.98 Å². The first-order valence-electron chi connectivity index (χ1n) is 9.91. The van der Waals surface area contributed by atoms with E-state index in [-0.39, 0.29) is 12.5 Å². The minimum absolute atomic E-state index is 0.224. The lowest BCUT2D eigenvalue weighted by Crippen LogP contribution is -2.25. The van der Waals surface area contributed by atoms with E-state index in [1.54, 1.807) is 12.4 Å². The van der Waals surface area contributed by atoms with Crippen molar-refractivity contribution in [2.75, 3.05) is 0 Å². The van der Waals surface area contributed by atoms with Gasteiger partial charge in [0, 0.05) is 31.2 Å². The first-order valence-corrected chi connectivity index (χ1v) is 9.91. The van der Waals surface area contributed by atoms with Gasteiger partial charge >= 0.3 is 5.97 Å². The third-order valence-corrected chi connectivity index (χ3v) is 5.55. The Bertz CT molecular complexity index is 658. The summed E-state index contributed by atoms with van der Waals surface area (Å²) in [5, 5.41) is 19.0. The number of carbonyl (C=O) groups is 1. The molecule has 0 radical (unpaired) electrons. The monoisotopic (exact) mass is 371 g/mol. The summed E-state index contributed by atoms with van der Waals surface area (Å²) in [6, 6.07) is 3.86. The van der Waals surface area contributed by atoms with Crippen LogP contribution >= 0.6 is 0 Å². The van der Waals surface area contributed by atoms with Gasteiger partial charge in [0.25, 0.3) is 0 Å². The van der Waals surface area contributed by atoms with Gasteiger partial charge in [-0.25, -0.2) is 0 Å². The number of fused-ring (bicyclic) bond motifs is 2. The molecule has 146 valence electrons. The number of aromatic nitrogens is 1. The average molecular weight is 371 g/mol. The van der Waals surface area contributed by atoms with Crippen molar-refractivity contribution < 1.29 is 19.7 Å². The van der Waals surface area contributed by atoms with Gasteiger partial charge in [-0.05, 0) is 49.7 Å². The molecule has 2 N–H and O–H groups in total. The van der Waals surface area contributed by atoms with Crippen molar-refractivity contribution in [3.63, 3.8) is 0 Å². The first kappa shape index (κ1) is 19.8. The standard InChI is InChI=1S/C22H29NO4/c24-17(14-16-6-5-13-23-15-16)9-10-19-18(20-11-12-21(19)27-20)7-3-1-2-4-8-22(25)26/h1,3,5-6,9-10,13,15,17-21,24H,2,4,7-8,11-12,14H2,(H,25,26)/b3-1-,10-9+/t17?,18-,19+,20+,21-/m0/s1. The van der Waals surface area contributed by atoms with Gasteiger partial charge in [0.05, 0.1) is 18.3 Å². The van der Waals surface area contributed by atoms with Crippen LogP contribution in [0.3, 0.4) is 0 Å². The normalized spacial score (nSPS) is 28.3. The van der Waals surface area contributed by atoms with E-state index >= 15 is 0 Å². The summed E-state index contributed by atoms with van der Waals surface area (Å²) in [6.45, 7) is 0. The molecule has 0 aromatic carbocycles. The molecule has 2 aliphatic rings. The summed E-state index contributed by atoms with van der Waals surface area (Å²) in [7, 11) is 0. The zero-order valence-corrected chi connectivity index (χ0v) is 15.6. The topological polar surface area (TPSA) is 79.7 Å². The summed E-state index contributed by atoms with van der Waals surface area (Å²) in [5.41, 5.74) is 1.03. The maximum atomic E-state index is 10.5. The van der Waals surface area contributed by atoms with Crippen molar-refractivity contribution in [2.45, 2.75) is 63.3 Å². The number of allylic oxidation sites excluding steroid dienone is 2. The van der Waals surface area contributed by atoms with Crippen LogP contribution in [0, 0.1) is 11.8 Å². The second kappa shape index (κ2) is 9.81. The quantitative estimate of drug-likeness (QED) is 0.486. The summed E-state index contributed by atoms with van der Waals surface area (Å²) in [6.07, 6.45) is 17.3. The summed E-state index contributed by atoms with van der Waals surface area (Å²) in [4.78, 5) is 14.6. The minimum atomic E-state index is -0.736.